The van der Waals surface area contributed by atoms with Crippen molar-refractivity contribution in [3.05, 3.63) is 29.8 Å². The Bertz CT molecular complexity index is 882. The molecule has 0 spiro atoms. The highest BCUT2D eigenvalue weighted by atomic mass is 32.2. The normalized spacial score (nSPS) is 21.8. The Labute approximate surface area is 205 Å². The summed E-state index contributed by atoms with van der Waals surface area (Å²) in [7, 11) is 1.26. The van der Waals surface area contributed by atoms with Gasteiger partial charge < -0.3 is 25.4 Å². The predicted octanol–water partition coefficient (Wildman–Crippen LogP) is 2.42. The molecule has 2 heterocycles. The fraction of sp³-hybridized carbons (Fsp3) is 0.583. The van der Waals surface area contributed by atoms with E-state index >= 15 is 0 Å². The Morgan fingerprint density at radius 1 is 1.12 bits per heavy atom. The first-order chi connectivity index (χ1) is 15.9. The minimum Gasteiger partial charge on any atom is -0.467 e. The number of thioether (sulfide) groups is 1. The molecule has 9 nitrogen and oxygen atoms in total. The van der Waals surface area contributed by atoms with Crippen LogP contribution in [0.5, 0.6) is 0 Å². The highest BCUT2D eigenvalue weighted by Gasteiger charge is 2.31. The van der Waals surface area contributed by atoms with Crippen LogP contribution in [0.3, 0.4) is 0 Å². The summed E-state index contributed by atoms with van der Waals surface area (Å²) < 4.78 is 10.2. The maximum Gasteiger partial charge on any atom is 0.408 e. The standard InChI is InChI=1S/C24H35N3O6S/c1-14(2)11-17-20(28)26-19(22(30)32-6)13-34-16-9-7-15(8-10-16)12-18(21(29)25-17)27-23(31)33-24(3,4)5/h7-10,14,17-19H,11-13H2,1-6H3,(H,25,29)(H,26,28)(H,27,31)/t17-,18-,19+/m0/s1. The fourth-order valence-electron chi connectivity index (χ4n) is 3.35. The van der Waals surface area contributed by atoms with Crippen LogP contribution < -0.4 is 16.0 Å². The van der Waals surface area contributed by atoms with Crippen LogP contribution in [-0.4, -0.2) is 60.5 Å². The number of carbonyl (C=O) groups is 4. The first-order valence-electron chi connectivity index (χ1n) is 11.3. The Kier molecular flexibility index (Phi) is 9.78. The van der Waals surface area contributed by atoms with E-state index in [1.807, 2.05) is 38.1 Å². The molecule has 3 N–H and O–H groups in total. The number of hydrogen-bond acceptors (Lipinski definition) is 7. The number of carbonyl (C=O) groups excluding carboxylic acids is 4. The Morgan fingerprint density at radius 3 is 2.32 bits per heavy atom. The van der Waals surface area contributed by atoms with E-state index in [0.29, 0.717) is 6.42 Å². The summed E-state index contributed by atoms with van der Waals surface area (Å²) in [4.78, 5) is 51.9. The van der Waals surface area contributed by atoms with Crippen molar-refractivity contribution in [1.29, 1.82) is 0 Å². The van der Waals surface area contributed by atoms with E-state index in [4.69, 9.17) is 9.47 Å². The van der Waals surface area contributed by atoms with E-state index in [0.717, 1.165) is 10.5 Å². The number of methoxy groups -OCH3 is 1. The maximum atomic E-state index is 13.2. The van der Waals surface area contributed by atoms with Crippen LogP contribution in [0.2, 0.25) is 0 Å². The van der Waals surface area contributed by atoms with Gasteiger partial charge in [0.25, 0.3) is 0 Å². The van der Waals surface area contributed by atoms with E-state index in [-0.39, 0.29) is 18.1 Å². The summed E-state index contributed by atoms with van der Waals surface area (Å²) in [5.74, 6) is -1.20. The first-order valence-corrected chi connectivity index (χ1v) is 12.3. The number of fused-ring (bicyclic) bond motifs is 11. The first kappa shape index (κ1) is 27.5. The molecule has 34 heavy (non-hydrogen) atoms. The molecule has 188 valence electrons. The van der Waals surface area contributed by atoms with Crippen LogP contribution in [0, 0.1) is 5.92 Å². The van der Waals surface area contributed by atoms with E-state index in [1.165, 1.54) is 18.9 Å². The molecule has 0 radical (unpaired) electrons. The zero-order valence-electron chi connectivity index (χ0n) is 20.6. The van der Waals surface area contributed by atoms with Gasteiger partial charge in [0.05, 0.1) is 7.11 Å². The van der Waals surface area contributed by atoms with Gasteiger partial charge in [0.2, 0.25) is 11.8 Å². The van der Waals surface area contributed by atoms with Crippen molar-refractivity contribution in [2.75, 3.05) is 12.9 Å². The van der Waals surface area contributed by atoms with Gasteiger partial charge in [-0.25, -0.2) is 9.59 Å². The molecule has 1 aromatic carbocycles. The van der Waals surface area contributed by atoms with Crippen molar-refractivity contribution in [3.63, 3.8) is 0 Å². The van der Waals surface area contributed by atoms with Gasteiger partial charge in [-0.3, -0.25) is 9.59 Å². The third kappa shape index (κ3) is 8.89. The number of rotatable bonds is 4. The molecule has 2 aliphatic heterocycles. The summed E-state index contributed by atoms with van der Waals surface area (Å²) in [6.07, 6.45) is -0.154. The van der Waals surface area contributed by atoms with Crippen LogP contribution >= 0.6 is 11.8 Å². The molecular formula is C24H35N3O6S. The summed E-state index contributed by atoms with van der Waals surface area (Å²) in [5, 5.41) is 8.10. The molecule has 0 aromatic heterocycles. The minimum atomic E-state index is -0.963. The maximum absolute atomic E-state index is 13.2. The largest absolute Gasteiger partial charge is 0.467 e. The number of benzene rings is 1. The van der Waals surface area contributed by atoms with Crippen molar-refractivity contribution < 1.29 is 28.7 Å². The number of alkyl carbamates (subject to hydrolysis) is 1. The van der Waals surface area contributed by atoms with E-state index in [1.54, 1.807) is 20.8 Å². The lowest BCUT2D eigenvalue weighted by molar-refractivity contribution is -0.144. The van der Waals surface area contributed by atoms with Crippen molar-refractivity contribution in [3.8, 4) is 0 Å². The number of esters is 1. The average Bonchev–Trinajstić information content (AvgIpc) is 2.73. The average molecular weight is 494 g/mol. The quantitative estimate of drug-likeness (QED) is 0.551. The van der Waals surface area contributed by atoms with E-state index in [2.05, 4.69) is 16.0 Å². The lowest BCUT2D eigenvalue weighted by Crippen LogP contribution is -2.57. The van der Waals surface area contributed by atoms with Crippen LogP contribution in [0.25, 0.3) is 0 Å². The van der Waals surface area contributed by atoms with Gasteiger partial charge in [0.15, 0.2) is 0 Å². The van der Waals surface area contributed by atoms with Crippen molar-refractivity contribution in [2.24, 2.45) is 5.92 Å². The summed E-state index contributed by atoms with van der Waals surface area (Å²) in [5.41, 5.74) is 0.0937. The molecule has 0 fully saturated rings. The van der Waals surface area contributed by atoms with Gasteiger partial charge in [-0.1, -0.05) is 26.0 Å². The summed E-state index contributed by atoms with van der Waals surface area (Å²) >= 11 is 1.41. The molecule has 3 rings (SSSR count). The lowest BCUT2D eigenvalue weighted by atomic mass is 10.0. The second kappa shape index (κ2) is 12.1. The molecular weight excluding hydrogens is 458 g/mol. The summed E-state index contributed by atoms with van der Waals surface area (Å²) in [6.45, 7) is 9.05. The lowest BCUT2D eigenvalue weighted by Gasteiger charge is -2.27. The minimum absolute atomic E-state index is 0.0879. The highest BCUT2D eigenvalue weighted by Crippen LogP contribution is 2.21. The van der Waals surface area contributed by atoms with Gasteiger partial charge in [0, 0.05) is 17.1 Å². The molecule has 2 bridgehead atoms. The van der Waals surface area contributed by atoms with E-state index in [9.17, 15) is 19.2 Å². The molecule has 1 aromatic rings. The topological polar surface area (TPSA) is 123 Å². The van der Waals surface area contributed by atoms with Crippen LogP contribution in [0.4, 0.5) is 4.79 Å². The molecule has 0 aliphatic carbocycles. The van der Waals surface area contributed by atoms with Crippen molar-refractivity contribution in [2.45, 2.75) is 76.1 Å². The van der Waals surface area contributed by atoms with Crippen LogP contribution in [-0.2, 0) is 30.3 Å². The summed E-state index contributed by atoms with van der Waals surface area (Å²) in [6, 6.07) is 4.72. The number of nitrogens with one attached hydrogen (secondary N) is 3. The predicted molar refractivity (Wildman–Crippen MR) is 129 cm³/mol. The zero-order chi connectivity index (χ0) is 25.5. The van der Waals surface area contributed by atoms with Gasteiger partial charge in [-0.15, -0.1) is 11.8 Å². The third-order valence-electron chi connectivity index (χ3n) is 4.93. The van der Waals surface area contributed by atoms with Crippen LogP contribution in [0.1, 0.15) is 46.6 Å². The Hall–Kier alpha value is -2.75. The Morgan fingerprint density at radius 2 is 1.76 bits per heavy atom. The molecule has 0 saturated heterocycles. The molecule has 0 unspecified atom stereocenters. The van der Waals surface area contributed by atoms with Gasteiger partial charge in [-0.05, 0) is 50.8 Å². The fourth-order valence-corrected chi connectivity index (χ4v) is 4.26. The molecule has 2 aliphatic rings. The molecule has 0 saturated carbocycles. The smallest absolute Gasteiger partial charge is 0.408 e. The van der Waals surface area contributed by atoms with Gasteiger partial charge in [-0.2, -0.15) is 0 Å². The SMILES string of the molecule is COC(=O)[C@H]1CSc2ccc(cc2)C[C@H](NC(=O)OC(C)(C)C)C(=O)N[C@@H](CC(C)C)C(=O)N1. The Balaban J connectivity index is 2.38. The number of ether oxygens (including phenoxy) is 2. The highest BCUT2D eigenvalue weighted by molar-refractivity contribution is 7.99. The molecule has 10 heteroatoms. The van der Waals surface area contributed by atoms with Crippen molar-refractivity contribution in [1.82, 2.24) is 16.0 Å². The monoisotopic (exact) mass is 493 g/mol. The second-order valence-corrected chi connectivity index (χ2v) is 10.7. The van der Waals surface area contributed by atoms with Crippen LogP contribution in [0.15, 0.2) is 29.2 Å². The van der Waals surface area contributed by atoms with Crippen molar-refractivity contribution >= 4 is 35.6 Å². The van der Waals surface area contributed by atoms with E-state index < -0.39 is 47.6 Å². The third-order valence-corrected chi connectivity index (χ3v) is 6.04. The zero-order valence-corrected chi connectivity index (χ0v) is 21.4. The second-order valence-electron chi connectivity index (χ2n) is 9.63. The molecule has 3 atom stereocenters. The van der Waals surface area contributed by atoms with Gasteiger partial charge >= 0.3 is 12.1 Å². The number of hydrogen-bond donors (Lipinski definition) is 3. The number of amides is 3. The molecule has 3 amide bonds. The van der Waals surface area contributed by atoms with Gasteiger partial charge in [0.1, 0.15) is 23.7 Å².